The molecule has 4 rings (SSSR count). The second kappa shape index (κ2) is 8.85. The lowest BCUT2D eigenvalue weighted by Crippen LogP contribution is -2.33. The first-order chi connectivity index (χ1) is 14.8. The predicted octanol–water partition coefficient (Wildman–Crippen LogP) is 4.44. The molecule has 0 unspecified atom stereocenters. The maximum absolute atomic E-state index is 9.39. The number of pyridine rings is 2. The van der Waals surface area contributed by atoms with Crippen LogP contribution in [0.2, 0.25) is 0 Å². The summed E-state index contributed by atoms with van der Waals surface area (Å²) in [5.74, 6) is 0. The van der Waals surface area contributed by atoms with Gasteiger partial charge in [-0.1, -0.05) is 36.0 Å². The monoisotopic (exact) mass is 409 g/mol. The molecule has 4 aromatic rings. The van der Waals surface area contributed by atoms with E-state index in [1.165, 1.54) is 11.8 Å². The predicted molar refractivity (Wildman–Crippen MR) is 117 cm³/mol. The molecule has 0 spiro atoms. The number of benzene rings is 1. The lowest BCUT2D eigenvalue weighted by molar-refractivity contribution is 0.577. The van der Waals surface area contributed by atoms with E-state index >= 15 is 0 Å². The van der Waals surface area contributed by atoms with Crippen molar-refractivity contribution in [3.63, 3.8) is 0 Å². The summed E-state index contributed by atoms with van der Waals surface area (Å²) in [5, 5.41) is 10.1. The molecule has 0 aliphatic heterocycles. The van der Waals surface area contributed by atoms with E-state index in [0.29, 0.717) is 17.1 Å². The molecule has 0 radical (unpaired) electrons. The van der Waals surface area contributed by atoms with Crippen molar-refractivity contribution in [1.82, 2.24) is 19.9 Å². The Morgan fingerprint density at radius 3 is 2.27 bits per heavy atom. The molecule has 0 fully saturated rings. The summed E-state index contributed by atoms with van der Waals surface area (Å²) in [5.41, 5.74) is 3.91. The van der Waals surface area contributed by atoms with Crippen molar-refractivity contribution in [2.75, 3.05) is 6.26 Å². The first kappa shape index (κ1) is 19.7. The molecule has 0 atom stereocenters. The van der Waals surface area contributed by atoms with Crippen molar-refractivity contribution >= 4 is 11.8 Å². The largest absolute Gasteiger partial charge is 0.264 e. The van der Waals surface area contributed by atoms with Gasteiger partial charge in [0.15, 0.2) is 5.16 Å². The Morgan fingerprint density at radius 1 is 0.933 bits per heavy atom. The first-order valence-electron chi connectivity index (χ1n) is 9.44. The van der Waals surface area contributed by atoms with E-state index in [-0.39, 0.29) is 0 Å². The van der Waals surface area contributed by atoms with Gasteiger partial charge >= 0.3 is 0 Å². The summed E-state index contributed by atoms with van der Waals surface area (Å²) in [4.78, 5) is 18.1. The van der Waals surface area contributed by atoms with Crippen LogP contribution in [0, 0.1) is 11.3 Å². The van der Waals surface area contributed by atoms with Gasteiger partial charge in [0.1, 0.15) is 0 Å². The van der Waals surface area contributed by atoms with Crippen LogP contribution >= 0.6 is 11.8 Å². The molecule has 0 aliphatic rings. The third-order valence-electron chi connectivity index (χ3n) is 5.09. The average molecular weight is 410 g/mol. The second-order valence-electron chi connectivity index (χ2n) is 6.81. The number of hydrogen-bond acceptors (Lipinski definition) is 6. The standard InChI is InChI=1S/C24H19N5S/c1-30-23-28-12-9-22(29-23)24(20-7-3-10-26-16-20,21-8-4-11-27-17-21)14-18-5-2-6-19(13-18)15-25/h2-13,16-17H,14H2,1H3. The molecule has 6 heteroatoms. The third kappa shape index (κ3) is 3.80. The number of rotatable bonds is 6. The zero-order chi connectivity index (χ0) is 20.8. The Labute approximate surface area is 179 Å². The molecule has 0 saturated heterocycles. The fourth-order valence-electron chi connectivity index (χ4n) is 3.72. The van der Waals surface area contributed by atoms with Gasteiger partial charge in [-0.05, 0) is 59.7 Å². The third-order valence-corrected chi connectivity index (χ3v) is 5.65. The number of nitriles is 1. The van der Waals surface area contributed by atoms with Crippen LogP contribution in [0.5, 0.6) is 0 Å². The minimum Gasteiger partial charge on any atom is -0.264 e. The van der Waals surface area contributed by atoms with Gasteiger partial charge in [-0.15, -0.1) is 0 Å². The minimum atomic E-state index is -0.635. The smallest absolute Gasteiger partial charge is 0.187 e. The Kier molecular flexibility index (Phi) is 5.82. The first-order valence-corrected chi connectivity index (χ1v) is 10.7. The Hall–Kier alpha value is -3.56. The summed E-state index contributed by atoms with van der Waals surface area (Å²) < 4.78 is 0. The highest BCUT2D eigenvalue weighted by molar-refractivity contribution is 7.98. The summed E-state index contributed by atoms with van der Waals surface area (Å²) in [7, 11) is 0. The zero-order valence-electron chi connectivity index (χ0n) is 16.4. The van der Waals surface area contributed by atoms with Crippen molar-refractivity contribution < 1.29 is 0 Å². The molecule has 146 valence electrons. The van der Waals surface area contributed by atoms with E-state index in [0.717, 1.165) is 22.4 Å². The van der Waals surface area contributed by atoms with E-state index in [1.54, 1.807) is 18.6 Å². The van der Waals surface area contributed by atoms with Crippen LogP contribution in [0.3, 0.4) is 0 Å². The number of nitrogens with zero attached hydrogens (tertiary/aromatic N) is 5. The van der Waals surface area contributed by atoms with Gasteiger partial charge in [0.2, 0.25) is 0 Å². The van der Waals surface area contributed by atoms with Crippen LogP contribution in [0.1, 0.15) is 27.9 Å². The fourth-order valence-corrected chi connectivity index (χ4v) is 4.08. The lowest BCUT2D eigenvalue weighted by atomic mass is 9.69. The van der Waals surface area contributed by atoms with Crippen LogP contribution in [0.25, 0.3) is 0 Å². The van der Waals surface area contributed by atoms with Gasteiger partial charge in [0.05, 0.1) is 22.7 Å². The molecular formula is C24H19N5S. The molecule has 0 N–H and O–H groups in total. The van der Waals surface area contributed by atoms with Gasteiger partial charge in [-0.2, -0.15) is 5.26 Å². The molecule has 5 nitrogen and oxygen atoms in total. The molecule has 0 aliphatic carbocycles. The van der Waals surface area contributed by atoms with Crippen LogP contribution in [-0.4, -0.2) is 26.2 Å². The molecule has 1 aromatic carbocycles. The van der Waals surface area contributed by atoms with Gasteiger partial charge in [-0.3, -0.25) is 9.97 Å². The highest BCUT2D eigenvalue weighted by atomic mass is 32.2. The van der Waals surface area contributed by atoms with Crippen molar-refractivity contribution in [1.29, 1.82) is 5.26 Å². The molecule has 30 heavy (non-hydrogen) atoms. The second-order valence-corrected chi connectivity index (χ2v) is 7.58. The number of thioether (sulfide) groups is 1. The van der Waals surface area contributed by atoms with Crippen molar-refractivity contribution in [3.05, 3.63) is 114 Å². The average Bonchev–Trinajstić information content (AvgIpc) is 2.84. The van der Waals surface area contributed by atoms with Gasteiger partial charge in [0.25, 0.3) is 0 Å². The van der Waals surface area contributed by atoms with Crippen molar-refractivity contribution in [2.24, 2.45) is 0 Å². The zero-order valence-corrected chi connectivity index (χ0v) is 17.3. The summed E-state index contributed by atoms with van der Waals surface area (Å²) >= 11 is 1.51. The van der Waals surface area contributed by atoms with Gasteiger partial charge in [0, 0.05) is 31.0 Å². The normalized spacial score (nSPS) is 11.1. The molecular weight excluding hydrogens is 390 g/mol. The maximum atomic E-state index is 9.39. The van der Waals surface area contributed by atoms with E-state index in [1.807, 2.05) is 61.1 Å². The van der Waals surface area contributed by atoms with Crippen LogP contribution in [-0.2, 0) is 11.8 Å². The number of hydrogen-bond donors (Lipinski definition) is 0. The molecule has 3 heterocycles. The summed E-state index contributed by atoms with van der Waals surface area (Å²) in [6, 6.07) is 19.9. The lowest BCUT2D eigenvalue weighted by Gasteiger charge is -2.34. The maximum Gasteiger partial charge on any atom is 0.187 e. The van der Waals surface area contributed by atoms with Gasteiger partial charge < -0.3 is 0 Å². The Bertz CT molecular complexity index is 1130. The van der Waals surface area contributed by atoms with Crippen LogP contribution in [0.15, 0.2) is 90.7 Å². The number of aromatic nitrogens is 4. The van der Waals surface area contributed by atoms with E-state index < -0.39 is 5.41 Å². The molecule has 0 amide bonds. The molecule has 0 saturated carbocycles. The van der Waals surface area contributed by atoms with Gasteiger partial charge in [-0.25, -0.2) is 9.97 Å². The summed E-state index contributed by atoms with van der Waals surface area (Å²) in [6.45, 7) is 0. The quantitative estimate of drug-likeness (QED) is 0.346. The summed E-state index contributed by atoms with van der Waals surface area (Å²) in [6.07, 6.45) is 11.6. The Morgan fingerprint density at radius 2 is 1.67 bits per heavy atom. The van der Waals surface area contributed by atoms with E-state index in [9.17, 15) is 5.26 Å². The highest BCUT2D eigenvalue weighted by Gasteiger charge is 2.39. The van der Waals surface area contributed by atoms with Crippen LogP contribution in [0.4, 0.5) is 0 Å². The van der Waals surface area contributed by atoms with Crippen molar-refractivity contribution in [2.45, 2.75) is 17.0 Å². The van der Waals surface area contributed by atoms with E-state index in [2.05, 4.69) is 33.2 Å². The Balaban J connectivity index is 2.01. The van der Waals surface area contributed by atoms with Crippen molar-refractivity contribution in [3.8, 4) is 6.07 Å². The fraction of sp³-hybridized carbons (Fsp3) is 0.125. The molecule has 0 bridgehead atoms. The topological polar surface area (TPSA) is 75.3 Å². The minimum absolute atomic E-state index is 0.602. The van der Waals surface area contributed by atoms with Crippen LogP contribution < -0.4 is 0 Å². The highest BCUT2D eigenvalue weighted by Crippen LogP contribution is 2.41. The van der Waals surface area contributed by atoms with E-state index in [4.69, 9.17) is 4.98 Å². The SMILES string of the molecule is CSc1nccc(C(Cc2cccc(C#N)c2)(c2cccnc2)c2cccnc2)n1. The molecule has 3 aromatic heterocycles.